The molecule has 1 fully saturated rings. The molecule has 0 saturated heterocycles. The first-order valence-electron chi connectivity index (χ1n) is 6.53. The number of anilines is 1. The van der Waals surface area contributed by atoms with Crippen LogP contribution in [0, 0.1) is 11.2 Å². The second-order valence-electron chi connectivity index (χ2n) is 5.11. The molecule has 0 spiro atoms. The van der Waals surface area contributed by atoms with Crippen LogP contribution in [0.1, 0.15) is 36.0 Å². The van der Waals surface area contributed by atoms with Gasteiger partial charge >= 0.3 is 5.97 Å². The summed E-state index contributed by atoms with van der Waals surface area (Å²) in [6, 6.07) is 3.67. The molecule has 5 nitrogen and oxygen atoms in total. The van der Waals surface area contributed by atoms with Gasteiger partial charge in [-0.1, -0.05) is 18.9 Å². The quantitative estimate of drug-likeness (QED) is 0.786. The van der Waals surface area contributed by atoms with Crippen molar-refractivity contribution in [2.75, 3.05) is 11.9 Å². The second-order valence-corrected chi connectivity index (χ2v) is 5.11. The lowest BCUT2D eigenvalue weighted by molar-refractivity contribution is -0.124. The summed E-state index contributed by atoms with van der Waals surface area (Å²) < 4.78 is 13.8. The number of carboxylic acid groups (broad SMARTS) is 1. The zero-order valence-electron chi connectivity index (χ0n) is 11.0. The number of nitrogens with two attached hydrogens (primary N) is 1. The Kier molecular flexibility index (Phi) is 4.04. The summed E-state index contributed by atoms with van der Waals surface area (Å²) in [6.07, 6.45) is 3.08. The van der Waals surface area contributed by atoms with Crippen LogP contribution >= 0.6 is 0 Å². The van der Waals surface area contributed by atoms with E-state index in [1.165, 1.54) is 12.1 Å². The third kappa shape index (κ3) is 2.51. The van der Waals surface area contributed by atoms with Crippen LogP contribution in [0.15, 0.2) is 18.2 Å². The Morgan fingerprint density at radius 1 is 1.35 bits per heavy atom. The summed E-state index contributed by atoms with van der Waals surface area (Å²) in [5.74, 6) is -2.44. The Labute approximate surface area is 116 Å². The number of rotatable bonds is 4. The smallest absolute Gasteiger partial charge is 0.337 e. The molecule has 108 valence electrons. The fourth-order valence-electron chi connectivity index (χ4n) is 2.65. The van der Waals surface area contributed by atoms with Crippen LogP contribution in [0.25, 0.3) is 0 Å². The van der Waals surface area contributed by atoms with Crippen molar-refractivity contribution in [3.05, 3.63) is 29.6 Å². The molecule has 1 aromatic carbocycles. The van der Waals surface area contributed by atoms with Gasteiger partial charge in [0.2, 0.25) is 5.91 Å². The predicted octanol–water partition coefficient (Wildman–Crippen LogP) is 1.98. The topological polar surface area (TPSA) is 92.4 Å². The van der Waals surface area contributed by atoms with E-state index in [1.54, 1.807) is 0 Å². The minimum absolute atomic E-state index is 0.176. The Balaban J connectivity index is 2.30. The van der Waals surface area contributed by atoms with E-state index in [4.69, 9.17) is 10.8 Å². The summed E-state index contributed by atoms with van der Waals surface area (Å²) in [5.41, 5.74) is 4.43. The molecule has 1 amide bonds. The van der Waals surface area contributed by atoms with Gasteiger partial charge in [-0.3, -0.25) is 4.79 Å². The van der Waals surface area contributed by atoms with Crippen molar-refractivity contribution in [1.29, 1.82) is 0 Å². The minimum Gasteiger partial charge on any atom is -0.478 e. The number of para-hydroxylation sites is 1. The number of carboxylic acids is 1. The molecule has 1 aromatic rings. The van der Waals surface area contributed by atoms with Gasteiger partial charge in [-0.15, -0.1) is 0 Å². The number of benzene rings is 1. The Morgan fingerprint density at radius 2 is 2.00 bits per heavy atom. The highest BCUT2D eigenvalue weighted by molar-refractivity contribution is 6.02. The number of hydrogen-bond acceptors (Lipinski definition) is 3. The van der Waals surface area contributed by atoms with Gasteiger partial charge in [0.05, 0.1) is 16.7 Å². The summed E-state index contributed by atoms with van der Waals surface area (Å²) in [6.45, 7) is 0.176. The van der Waals surface area contributed by atoms with E-state index in [2.05, 4.69) is 5.32 Å². The average Bonchev–Trinajstić information content (AvgIpc) is 2.90. The molecule has 1 aliphatic rings. The molecule has 1 saturated carbocycles. The SMILES string of the molecule is NCC1(C(=O)Nc2c(F)cccc2C(=O)O)CCCC1. The molecule has 0 atom stereocenters. The molecule has 6 heteroatoms. The molecule has 0 heterocycles. The van der Waals surface area contributed by atoms with Crippen LogP contribution in [-0.2, 0) is 4.79 Å². The van der Waals surface area contributed by atoms with Crippen molar-refractivity contribution >= 4 is 17.6 Å². The lowest BCUT2D eigenvalue weighted by Crippen LogP contribution is -2.40. The minimum atomic E-state index is -1.28. The van der Waals surface area contributed by atoms with E-state index in [9.17, 15) is 14.0 Å². The first-order chi connectivity index (χ1) is 9.50. The van der Waals surface area contributed by atoms with Crippen molar-refractivity contribution in [2.24, 2.45) is 11.1 Å². The highest BCUT2D eigenvalue weighted by Gasteiger charge is 2.40. The highest BCUT2D eigenvalue weighted by Crippen LogP contribution is 2.38. The zero-order valence-corrected chi connectivity index (χ0v) is 11.0. The largest absolute Gasteiger partial charge is 0.478 e. The maximum atomic E-state index is 13.8. The molecular formula is C14H17FN2O3. The maximum absolute atomic E-state index is 13.8. The molecule has 0 unspecified atom stereocenters. The van der Waals surface area contributed by atoms with Crippen molar-refractivity contribution in [3.8, 4) is 0 Å². The standard InChI is InChI=1S/C14H17FN2O3/c15-10-5-3-4-9(12(18)19)11(10)17-13(20)14(8-16)6-1-2-7-14/h3-5H,1-2,6-8,16H2,(H,17,20)(H,18,19). The van der Waals surface area contributed by atoms with E-state index in [-0.39, 0.29) is 17.8 Å². The van der Waals surface area contributed by atoms with E-state index in [0.717, 1.165) is 18.9 Å². The van der Waals surface area contributed by atoms with Gasteiger partial charge in [0.25, 0.3) is 0 Å². The molecule has 0 radical (unpaired) electrons. The van der Waals surface area contributed by atoms with E-state index < -0.39 is 23.1 Å². The van der Waals surface area contributed by atoms with Gasteiger partial charge in [-0.2, -0.15) is 0 Å². The number of amides is 1. The van der Waals surface area contributed by atoms with Gasteiger partial charge < -0.3 is 16.2 Å². The van der Waals surface area contributed by atoms with Crippen molar-refractivity contribution in [3.63, 3.8) is 0 Å². The van der Waals surface area contributed by atoms with Crippen LogP contribution in [0.5, 0.6) is 0 Å². The third-order valence-electron chi connectivity index (χ3n) is 3.92. The summed E-state index contributed by atoms with van der Waals surface area (Å²) in [4.78, 5) is 23.4. The number of halogens is 1. The van der Waals surface area contributed by atoms with E-state index >= 15 is 0 Å². The van der Waals surface area contributed by atoms with Gasteiger partial charge in [0.15, 0.2) is 0 Å². The van der Waals surface area contributed by atoms with Crippen molar-refractivity contribution < 1.29 is 19.1 Å². The average molecular weight is 280 g/mol. The molecule has 4 N–H and O–H groups in total. The Hall–Kier alpha value is -1.95. The fourth-order valence-corrected chi connectivity index (χ4v) is 2.65. The molecular weight excluding hydrogens is 263 g/mol. The summed E-state index contributed by atoms with van der Waals surface area (Å²) in [5, 5.41) is 11.5. The van der Waals surface area contributed by atoms with Crippen LogP contribution in [0.3, 0.4) is 0 Å². The van der Waals surface area contributed by atoms with Crippen molar-refractivity contribution in [1.82, 2.24) is 0 Å². The monoisotopic (exact) mass is 280 g/mol. The van der Waals surface area contributed by atoms with Gasteiger partial charge in [-0.25, -0.2) is 9.18 Å². The number of carbonyl (C=O) groups is 2. The first-order valence-corrected chi connectivity index (χ1v) is 6.53. The normalized spacial score (nSPS) is 16.9. The number of aromatic carboxylic acids is 1. The van der Waals surface area contributed by atoms with Crippen LogP contribution in [0.4, 0.5) is 10.1 Å². The van der Waals surface area contributed by atoms with Gasteiger partial charge in [0.1, 0.15) is 5.82 Å². The first kappa shape index (κ1) is 14.5. The van der Waals surface area contributed by atoms with Crippen LogP contribution < -0.4 is 11.1 Å². The molecule has 1 aliphatic carbocycles. The number of carbonyl (C=O) groups excluding carboxylic acids is 1. The lowest BCUT2D eigenvalue weighted by atomic mass is 9.85. The molecule has 0 aromatic heterocycles. The van der Waals surface area contributed by atoms with Gasteiger partial charge in [-0.05, 0) is 25.0 Å². The summed E-state index contributed by atoms with van der Waals surface area (Å²) >= 11 is 0. The predicted molar refractivity (Wildman–Crippen MR) is 71.9 cm³/mol. The molecule has 20 heavy (non-hydrogen) atoms. The summed E-state index contributed by atoms with van der Waals surface area (Å²) in [7, 11) is 0. The molecule has 0 aliphatic heterocycles. The molecule has 2 rings (SSSR count). The van der Waals surface area contributed by atoms with E-state index in [1.807, 2.05) is 0 Å². The highest BCUT2D eigenvalue weighted by atomic mass is 19.1. The zero-order chi connectivity index (χ0) is 14.8. The van der Waals surface area contributed by atoms with Crippen LogP contribution in [0.2, 0.25) is 0 Å². The van der Waals surface area contributed by atoms with Gasteiger partial charge in [0, 0.05) is 6.54 Å². The third-order valence-corrected chi connectivity index (χ3v) is 3.92. The number of nitrogens with one attached hydrogen (secondary N) is 1. The van der Waals surface area contributed by atoms with Crippen molar-refractivity contribution in [2.45, 2.75) is 25.7 Å². The van der Waals surface area contributed by atoms with E-state index in [0.29, 0.717) is 12.8 Å². The fraction of sp³-hybridized carbons (Fsp3) is 0.429. The maximum Gasteiger partial charge on any atom is 0.337 e. The number of hydrogen-bond donors (Lipinski definition) is 3. The lowest BCUT2D eigenvalue weighted by Gasteiger charge is -2.26. The Morgan fingerprint density at radius 3 is 2.55 bits per heavy atom. The molecule has 0 bridgehead atoms. The second kappa shape index (κ2) is 5.58. The van der Waals surface area contributed by atoms with Crippen LogP contribution in [-0.4, -0.2) is 23.5 Å². The Bertz CT molecular complexity index is 539.